The van der Waals surface area contributed by atoms with Crippen molar-refractivity contribution in [1.29, 1.82) is 0 Å². The van der Waals surface area contributed by atoms with Crippen molar-refractivity contribution < 1.29 is 14.4 Å². The van der Waals surface area contributed by atoms with Gasteiger partial charge in [-0.1, -0.05) is 43.2 Å². The molecular formula is C22H26N4O3. The van der Waals surface area contributed by atoms with Gasteiger partial charge in [-0.05, 0) is 18.4 Å². The molecule has 7 nitrogen and oxygen atoms in total. The minimum Gasteiger partial charge on any atom is -0.342 e. The molecule has 3 amide bonds. The van der Waals surface area contributed by atoms with E-state index in [2.05, 4.69) is 10.3 Å². The van der Waals surface area contributed by atoms with Crippen LogP contribution in [0.1, 0.15) is 49.5 Å². The summed E-state index contributed by atoms with van der Waals surface area (Å²) < 4.78 is 1.87. The number of likely N-dealkylation sites (tertiary alicyclic amines) is 1. The highest BCUT2D eigenvalue weighted by Gasteiger charge is 2.47. The summed E-state index contributed by atoms with van der Waals surface area (Å²) in [7, 11) is 1.88. The van der Waals surface area contributed by atoms with Crippen LogP contribution in [0.4, 0.5) is 0 Å². The van der Waals surface area contributed by atoms with Crippen molar-refractivity contribution in [1.82, 2.24) is 19.8 Å². The Morgan fingerprint density at radius 1 is 1.14 bits per heavy atom. The van der Waals surface area contributed by atoms with Crippen LogP contribution in [0.3, 0.4) is 0 Å². The summed E-state index contributed by atoms with van der Waals surface area (Å²) >= 11 is 0. The summed E-state index contributed by atoms with van der Waals surface area (Å²) in [6.45, 7) is 0.137. The van der Waals surface area contributed by atoms with Crippen molar-refractivity contribution in [2.45, 2.75) is 38.1 Å². The Balaban J connectivity index is 1.43. The highest BCUT2D eigenvalue weighted by atomic mass is 16.2. The van der Waals surface area contributed by atoms with Gasteiger partial charge in [0.2, 0.25) is 17.7 Å². The summed E-state index contributed by atoms with van der Waals surface area (Å²) in [5, 5.41) is 3.02. The average molecular weight is 394 g/mol. The predicted molar refractivity (Wildman–Crippen MR) is 106 cm³/mol. The van der Waals surface area contributed by atoms with Crippen molar-refractivity contribution in [3.05, 3.63) is 54.1 Å². The Morgan fingerprint density at radius 3 is 2.38 bits per heavy atom. The molecule has 0 bridgehead atoms. The van der Waals surface area contributed by atoms with Crippen LogP contribution in [0.15, 0.2) is 42.7 Å². The van der Waals surface area contributed by atoms with Crippen molar-refractivity contribution in [3.8, 4) is 0 Å². The van der Waals surface area contributed by atoms with Crippen LogP contribution in [0, 0.1) is 11.8 Å². The minimum absolute atomic E-state index is 0.0880. The number of imide groups is 1. The van der Waals surface area contributed by atoms with Gasteiger partial charge in [0.25, 0.3) is 0 Å². The third-order valence-electron chi connectivity index (χ3n) is 6.05. The van der Waals surface area contributed by atoms with E-state index in [-0.39, 0.29) is 42.5 Å². The van der Waals surface area contributed by atoms with E-state index < -0.39 is 6.04 Å². The van der Waals surface area contributed by atoms with Crippen LogP contribution >= 0.6 is 0 Å². The Morgan fingerprint density at radius 2 is 1.79 bits per heavy atom. The number of carbonyl (C=O) groups excluding carboxylic acids is 3. The molecule has 2 aliphatic rings. The first-order chi connectivity index (χ1) is 14.1. The smallest absolute Gasteiger partial charge is 0.233 e. The first-order valence-corrected chi connectivity index (χ1v) is 10.2. The molecule has 3 atom stereocenters. The summed E-state index contributed by atoms with van der Waals surface area (Å²) in [5.74, 6) is -0.0402. The number of hydrogen-bond acceptors (Lipinski definition) is 4. The van der Waals surface area contributed by atoms with Crippen LogP contribution in [0.2, 0.25) is 0 Å². The maximum Gasteiger partial charge on any atom is 0.233 e. The van der Waals surface area contributed by atoms with Gasteiger partial charge in [-0.3, -0.25) is 19.3 Å². The van der Waals surface area contributed by atoms with Crippen molar-refractivity contribution in [2.24, 2.45) is 18.9 Å². The molecule has 0 radical (unpaired) electrons. The number of rotatable bonds is 6. The van der Waals surface area contributed by atoms with Crippen LogP contribution in [-0.2, 0) is 21.4 Å². The molecule has 152 valence electrons. The van der Waals surface area contributed by atoms with E-state index in [1.54, 1.807) is 6.20 Å². The Labute approximate surface area is 170 Å². The number of carbonyl (C=O) groups is 3. The third-order valence-corrected chi connectivity index (χ3v) is 6.05. The maximum atomic E-state index is 12.7. The number of amides is 3. The second-order valence-corrected chi connectivity index (χ2v) is 7.88. The van der Waals surface area contributed by atoms with Crippen LogP contribution in [0.25, 0.3) is 0 Å². The second kappa shape index (κ2) is 8.19. The van der Waals surface area contributed by atoms with Crippen LogP contribution in [-0.4, -0.2) is 38.7 Å². The van der Waals surface area contributed by atoms with Gasteiger partial charge >= 0.3 is 0 Å². The Kier molecular flexibility index (Phi) is 5.47. The number of nitrogens with zero attached hydrogens (tertiary/aromatic N) is 3. The maximum absolute atomic E-state index is 12.7. The van der Waals surface area contributed by atoms with Crippen molar-refractivity contribution in [3.63, 3.8) is 0 Å². The second-order valence-electron chi connectivity index (χ2n) is 7.88. The molecule has 1 saturated heterocycles. The lowest BCUT2D eigenvalue weighted by molar-refractivity contribution is -0.140. The zero-order chi connectivity index (χ0) is 20.4. The fourth-order valence-corrected chi connectivity index (χ4v) is 4.50. The van der Waals surface area contributed by atoms with Gasteiger partial charge in [0.05, 0.1) is 11.8 Å². The van der Waals surface area contributed by atoms with Gasteiger partial charge in [-0.15, -0.1) is 0 Å². The number of nitrogens with one attached hydrogen (secondary N) is 1. The molecule has 4 rings (SSSR count). The van der Waals surface area contributed by atoms with E-state index in [1.165, 1.54) is 4.90 Å². The van der Waals surface area contributed by atoms with Crippen molar-refractivity contribution in [2.75, 3.05) is 6.54 Å². The highest BCUT2D eigenvalue weighted by molar-refractivity contribution is 6.05. The molecule has 29 heavy (non-hydrogen) atoms. The molecule has 2 aromatic rings. The largest absolute Gasteiger partial charge is 0.342 e. The SMILES string of the molecule is Cn1ccnc1C(NC(=O)CCN1C(=O)C2CCCCC2C1=O)c1ccccc1. The first kappa shape index (κ1) is 19.4. The lowest BCUT2D eigenvalue weighted by Gasteiger charge is -2.20. The molecule has 7 heteroatoms. The third kappa shape index (κ3) is 3.81. The zero-order valence-corrected chi connectivity index (χ0v) is 16.6. The zero-order valence-electron chi connectivity index (χ0n) is 16.6. The molecule has 1 aromatic heterocycles. The minimum atomic E-state index is -0.392. The number of aromatic nitrogens is 2. The van der Waals surface area contributed by atoms with Gasteiger partial charge in [0, 0.05) is 32.4 Å². The summed E-state index contributed by atoms with van der Waals surface area (Å²) in [4.78, 5) is 43.6. The fourth-order valence-electron chi connectivity index (χ4n) is 4.50. The molecule has 1 aliphatic heterocycles. The Hall–Kier alpha value is -2.96. The summed E-state index contributed by atoms with van der Waals surface area (Å²) in [6, 6.07) is 9.25. The average Bonchev–Trinajstić information content (AvgIpc) is 3.27. The number of hydrogen-bond donors (Lipinski definition) is 1. The van der Waals surface area contributed by atoms with E-state index in [9.17, 15) is 14.4 Å². The molecular weight excluding hydrogens is 368 g/mol. The monoisotopic (exact) mass is 394 g/mol. The number of benzene rings is 1. The molecule has 2 fully saturated rings. The highest BCUT2D eigenvalue weighted by Crippen LogP contribution is 2.38. The molecule has 2 heterocycles. The number of fused-ring (bicyclic) bond motifs is 1. The van der Waals surface area contributed by atoms with E-state index >= 15 is 0 Å². The van der Waals surface area contributed by atoms with Crippen LogP contribution in [0.5, 0.6) is 0 Å². The first-order valence-electron chi connectivity index (χ1n) is 10.2. The normalized spacial score (nSPS) is 22.4. The standard InChI is InChI=1S/C22H26N4O3/c1-25-14-12-23-20(25)19(15-7-3-2-4-8-15)24-18(27)11-13-26-21(28)16-9-5-6-10-17(16)22(26)29/h2-4,7-8,12,14,16-17,19H,5-6,9-11,13H2,1H3,(H,24,27). The molecule has 0 spiro atoms. The lowest BCUT2D eigenvalue weighted by Crippen LogP contribution is -2.37. The van der Waals surface area contributed by atoms with Gasteiger partial charge < -0.3 is 9.88 Å². The number of aryl methyl sites for hydroxylation is 1. The molecule has 1 aliphatic carbocycles. The van der Waals surface area contributed by atoms with Crippen molar-refractivity contribution >= 4 is 17.7 Å². The van der Waals surface area contributed by atoms with Gasteiger partial charge in [-0.2, -0.15) is 0 Å². The molecule has 1 N–H and O–H groups in total. The summed E-state index contributed by atoms with van der Waals surface area (Å²) in [5.41, 5.74) is 0.925. The van der Waals surface area contributed by atoms with Gasteiger partial charge in [0.15, 0.2) is 0 Å². The summed E-state index contributed by atoms with van der Waals surface area (Å²) in [6.07, 6.45) is 7.18. The Bertz CT molecular complexity index is 884. The van der Waals surface area contributed by atoms with Gasteiger partial charge in [0.1, 0.15) is 11.9 Å². The number of imidazole rings is 1. The topological polar surface area (TPSA) is 84.3 Å². The molecule has 1 aromatic carbocycles. The lowest BCUT2D eigenvalue weighted by atomic mass is 9.81. The van der Waals surface area contributed by atoms with E-state index in [1.807, 2.05) is 48.1 Å². The quantitative estimate of drug-likeness (QED) is 0.761. The molecule has 3 unspecified atom stereocenters. The van der Waals surface area contributed by atoms with E-state index in [4.69, 9.17) is 0 Å². The van der Waals surface area contributed by atoms with Crippen LogP contribution < -0.4 is 5.32 Å². The predicted octanol–water partition coefficient (Wildman–Crippen LogP) is 2.19. The van der Waals surface area contributed by atoms with E-state index in [0.717, 1.165) is 37.1 Å². The van der Waals surface area contributed by atoms with Gasteiger partial charge in [-0.25, -0.2) is 4.98 Å². The fraction of sp³-hybridized carbons (Fsp3) is 0.455. The van der Waals surface area contributed by atoms with E-state index in [0.29, 0.717) is 0 Å². The molecule has 1 saturated carbocycles.